The van der Waals surface area contributed by atoms with Crippen LogP contribution in [0.5, 0.6) is 0 Å². The smallest absolute Gasteiger partial charge is 0.225 e. The zero-order valence-electron chi connectivity index (χ0n) is 21.8. The Hall–Kier alpha value is -3.45. The zero-order valence-corrected chi connectivity index (χ0v) is 21.8. The Morgan fingerprint density at radius 1 is 0.917 bits per heavy atom. The van der Waals surface area contributed by atoms with E-state index in [-0.39, 0.29) is 0 Å². The molecule has 2 N–H and O–H groups in total. The molecule has 0 bridgehead atoms. The van der Waals surface area contributed by atoms with Crippen molar-refractivity contribution in [3.63, 3.8) is 0 Å². The molecule has 0 amide bonds. The summed E-state index contributed by atoms with van der Waals surface area (Å²) in [6.07, 6.45) is 4.70. The van der Waals surface area contributed by atoms with Gasteiger partial charge in [0, 0.05) is 43.3 Å². The molecule has 1 aliphatic rings. The lowest BCUT2D eigenvalue weighted by Gasteiger charge is -2.29. The first kappa shape index (κ1) is 24.3. The largest absolute Gasteiger partial charge is 0.362 e. The van der Waals surface area contributed by atoms with Crippen LogP contribution in [0.1, 0.15) is 42.6 Å². The summed E-state index contributed by atoms with van der Waals surface area (Å²) in [5.41, 5.74) is 5.72. The molecule has 0 atom stereocenters. The summed E-state index contributed by atoms with van der Waals surface area (Å²) in [6.45, 7) is 6.18. The lowest BCUT2D eigenvalue weighted by atomic mass is 9.86. The van der Waals surface area contributed by atoms with Crippen LogP contribution >= 0.6 is 0 Å². The van der Waals surface area contributed by atoms with E-state index in [4.69, 9.17) is 15.1 Å². The van der Waals surface area contributed by atoms with Crippen LogP contribution in [0.4, 0.5) is 11.8 Å². The molecular formula is C29H37N7. The number of aryl methyl sites for hydroxylation is 1. The minimum absolute atomic E-state index is 0.422. The SMILES string of the molecule is Cc1nn(-c2ccccc2)c(C)c1CNC[C@H]1CC[C@@H](Nc2nc(N(C)C)c3ccccc3n2)CC1. The molecule has 1 aliphatic carbocycles. The van der Waals surface area contributed by atoms with Crippen LogP contribution in [0, 0.1) is 19.8 Å². The molecule has 188 valence electrons. The van der Waals surface area contributed by atoms with Crippen LogP contribution in [0.2, 0.25) is 0 Å². The van der Waals surface area contributed by atoms with Crippen LogP contribution in [0.25, 0.3) is 16.6 Å². The van der Waals surface area contributed by atoms with Crippen LogP contribution in [-0.4, -0.2) is 46.4 Å². The Morgan fingerprint density at radius 3 is 2.39 bits per heavy atom. The minimum Gasteiger partial charge on any atom is -0.362 e. The highest BCUT2D eigenvalue weighted by atomic mass is 15.3. The third kappa shape index (κ3) is 5.21. The van der Waals surface area contributed by atoms with Gasteiger partial charge in [-0.2, -0.15) is 10.1 Å². The topological polar surface area (TPSA) is 70.9 Å². The normalized spacial score (nSPS) is 17.9. The maximum atomic E-state index is 4.82. The molecular weight excluding hydrogens is 446 g/mol. The number of fused-ring (bicyclic) bond motifs is 1. The molecule has 1 saturated carbocycles. The Morgan fingerprint density at radius 2 is 1.64 bits per heavy atom. The maximum absolute atomic E-state index is 4.82. The Bertz CT molecular complexity index is 1300. The summed E-state index contributed by atoms with van der Waals surface area (Å²) in [6, 6.07) is 19.0. The predicted molar refractivity (Wildman–Crippen MR) is 148 cm³/mol. The first-order valence-electron chi connectivity index (χ1n) is 13.0. The van der Waals surface area contributed by atoms with Gasteiger partial charge in [-0.25, -0.2) is 9.67 Å². The lowest BCUT2D eigenvalue weighted by molar-refractivity contribution is 0.323. The van der Waals surface area contributed by atoms with Crippen molar-refractivity contribution in [2.45, 2.75) is 52.1 Å². The number of nitrogens with zero attached hydrogens (tertiary/aromatic N) is 5. The average molecular weight is 484 g/mol. The fourth-order valence-corrected chi connectivity index (χ4v) is 5.31. The van der Waals surface area contributed by atoms with Gasteiger partial charge in [0.1, 0.15) is 5.82 Å². The monoisotopic (exact) mass is 483 g/mol. The number of anilines is 2. The molecule has 5 rings (SSSR count). The van der Waals surface area contributed by atoms with E-state index in [9.17, 15) is 0 Å². The highest BCUT2D eigenvalue weighted by Crippen LogP contribution is 2.28. The van der Waals surface area contributed by atoms with Crippen LogP contribution in [0.15, 0.2) is 54.6 Å². The summed E-state index contributed by atoms with van der Waals surface area (Å²) in [5.74, 6) is 2.39. The van der Waals surface area contributed by atoms with Crippen molar-refractivity contribution in [3.05, 3.63) is 71.5 Å². The number of hydrogen-bond donors (Lipinski definition) is 2. The molecule has 0 unspecified atom stereocenters. The molecule has 2 heterocycles. The predicted octanol–water partition coefficient (Wildman–Crippen LogP) is 5.26. The summed E-state index contributed by atoms with van der Waals surface area (Å²) < 4.78 is 2.06. The first-order chi connectivity index (χ1) is 17.5. The van der Waals surface area contributed by atoms with Gasteiger partial charge in [-0.3, -0.25) is 0 Å². The molecule has 0 spiro atoms. The van der Waals surface area contributed by atoms with E-state index in [1.54, 1.807) is 0 Å². The molecule has 7 nitrogen and oxygen atoms in total. The molecule has 2 aromatic carbocycles. The summed E-state index contributed by atoms with van der Waals surface area (Å²) >= 11 is 0. The van der Waals surface area contributed by atoms with E-state index in [1.807, 2.05) is 32.3 Å². The third-order valence-electron chi connectivity index (χ3n) is 7.36. The van der Waals surface area contributed by atoms with E-state index >= 15 is 0 Å². The second-order valence-corrected chi connectivity index (χ2v) is 10.2. The van der Waals surface area contributed by atoms with Crippen LogP contribution in [-0.2, 0) is 6.54 Å². The van der Waals surface area contributed by atoms with E-state index in [0.29, 0.717) is 12.0 Å². The molecule has 0 saturated heterocycles. The van der Waals surface area contributed by atoms with Gasteiger partial charge in [-0.05, 0) is 76.3 Å². The average Bonchev–Trinajstić information content (AvgIpc) is 3.18. The quantitative estimate of drug-likeness (QED) is 0.356. The Balaban J connectivity index is 1.14. The van der Waals surface area contributed by atoms with Gasteiger partial charge in [0.15, 0.2) is 0 Å². The number of para-hydroxylation sites is 2. The van der Waals surface area contributed by atoms with Gasteiger partial charge >= 0.3 is 0 Å². The minimum atomic E-state index is 0.422. The van der Waals surface area contributed by atoms with Crippen molar-refractivity contribution in [2.75, 3.05) is 30.9 Å². The molecule has 7 heteroatoms. The number of aromatic nitrogens is 4. The fraction of sp³-hybridized carbons (Fsp3) is 0.414. The van der Waals surface area contributed by atoms with Gasteiger partial charge in [-0.15, -0.1) is 0 Å². The van der Waals surface area contributed by atoms with Crippen LogP contribution < -0.4 is 15.5 Å². The van der Waals surface area contributed by atoms with Gasteiger partial charge in [-0.1, -0.05) is 30.3 Å². The van der Waals surface area contributed by atoms with Crippen molar-refractivity contribution in [1.82, 2.24) is 25.1 Å². The fourth-order valence-electron chi connectivity index (χ4n) is 5.31. The maximum Gasteiger partial charge on any atom is 0.225 e. The standard InChI is InChI=1S/C29H37N7/c1-20-26(21(2)36(34-20)24-10-6-5-7-11-24)19-30-18-22-14-16-23(17-15-22)31-29-32-27-13-9-8-12-25(27)28(33-29)35(3)4/h5-13,22-23,30H,14-19H2,1-4H3,(H,31,32,33)/t22-,23+. The summed E-state index contributed by atoms with van der Waals surface area (Å²) in [5, 5.41) is 13.2. The highest BCUT2D eigenvalue weighted by molar-refractivity contribution is 5.90. The van der Waals surface area contributed by atoms with Crippen molar-refractivity contribution in [1.29, 1.82) is 0 Å². The summed E-state index contributed by atoms with van der Waals surface area (Å²) in [7, 11) is 4.07. The van der Waals surface area contributed by atoms with Gasteiger partial charge in [0.25, 0.3) is 0 Å². The van der Waals surface area contributed by atoms with Crippen molar-refractivity contribution in [2.24, 2.45) is 5.92 Å². The summed E-state index contributed by atoms with van der Waals surface area (Å²) in [4.78, 5) is 11.7. The highest BCUT2D eigenvalue weighted by Gasteiger charge is 2.22. The number of rotatable bonds is 8. The number of nitrogens with one attached hydrogen (secondary N) is 2. The van der Waals surface area contributed by atoms with Crippen molar-refractivity contribution < 1.29 is 0 Å². The van der Waals surface area contributed by atoms with Crippen LogP contribution in [0.3, 0.4) is 0 Å². The van der Waals surface area contributed by atoms with E-state index < -0.39 is 0 Å². The van der Waals surface area contributed by atoms with E-state index in [1.165, 1.54) is 24.1 Å². The lowest BCUT2D eigenvalue weighted by Crippen LogP contribution is -2.31. The molecule has 4 aromatic rings. The number of hydrogen-bond acceptors (Lipinski definition) is 6. The Labute approximate surface area is 214 Å². The molecule has 36 heavy (non-hydrogen) atoms. The van der Waals surface area contributed by atoms with Gasteiger partial charge < -0.3 is 15.5 Å². The molecule has 0 aliphatic heterocycles. The second-order valence-electron chi connectivity index (χ2n) is 10.2. The Kier molecular flexibility index (Phi) is 7.18. The zero-order chi connectivity index (χ0) is 25.1. The third-order valence-corrected chi connectivity index (χ3v) is 7.36. The van der Waals surface area contributed by atoms with E-state index in [2.05, 4.69) is 70.5 Å². The van der Waals surface area contributed by atoms with Crippen molar-refractivity contribution in [3.8, 4) is 5.69 Å². The van der Waals surface area contributed by atoms with E-state index in [0.717, 1.165) is 60.0 Å². The van der Waals surface area contributed by atoms with Gasteiger partial charge in [0.2, 0.25) is 5.95 Å². The van der Waals surface area contributed by atoms with Gasteiger partial charge in [0.05, 0.1) is 16.9 Å². The first-order valence-corrected chi connectivity index (χ1v) is 13.0. The molecule has 1 fully saturated rings. The van der Waals surface area contributed by atoms with Crippen molar-refractivity contribution >= 4 is 22.7 Å². The second kappa shape index (κ2) is 10.7. The molecule has 0 radical (unpaired) electrons. The molecule has 2 aromatic heterocycles. The number of benzene rings is 2.